The highest BCUT2D eigenvalue weighted by Crippen LogP contribution is 2.26. The Morgan fingerprint density at radius 1 is 1.71 bits per heavy atom. The number of esters is 1. The van der Waals surface area contributed by atoms with Crippen molar-refractivity contribution in [2.45, 2.75) is 31.5 Å². The number of hydrogen-bond acceptors (Lipinski definition) is 4. The van der Waals surface area contributed by atoms with Crippen LogP contribution in [0.2, 0.25) is 0 Å². The van der Waals surface area contributed by atoms with E-state index in [-0.39, 0.29) is 18.5 Å². The summed E-state index contributed by atoms with van der Waals surface area (Å²) in [4.78, 5) is 12.0. The Morgan fingerprint density at radius 2 is 2.50 bits per heavy atom. The molecule has 0 saturated heterocycles. The largest absolute Gasteiger partial charge is 0.462 e. The molecule has 0 unspecified atom stereocenters. The van der Waals surface area contributed by atoms with E-state index in [1.54, 1.807) is 0 Å². The smallest absolute Gasteiger partial charge is 0.309 e. The van der Waals surface area contributed by atoms with Gasteiger partial charge in [0.05, 0.1) is 12.5 Å². The Labute approximate surface area is 86.3 Å². The molecule has 14 heavy (non-hydrogen) atoms. The molecule has 0 aromatic carbocycles. The molecule has 1 aliphatic carbocycles. The molecule has 2 rings (SSSR count). The van der Waals surface area contributed by atoms with Gasteiger partial charge in [0.2, 0.25) is 0 Å². The summed E-state index contributed by atoms with van der Waals surface area (Å²) in [6.07, 6.45) is 1.43. The van der Waals surface area contributed by atoms with Gasteiger partial charge in [-0.3, -0.25) is 4.79 Å². The molecule has 0 aliphatic heterocycles. The third-order valence-corrected chi connectivity index (χ3v) is 3.03. The van der Waals surface area contributed by atoms with Crippen LogP contribution in [0.1, 0.15) is 30.2 Å². The van der Waals surface area contributed by atoms with Gasteiger partial charge < -0.3 is 9.84 Å². The van der Waals surface area contributed by atoms with Gasteiger partial charge in [-0.05, 0) is 24.3 Å². The topological polar surface area (TPSA) is 46.5 Å². The third-order valence-electron chi connectivity index (χ3n) is 2.05. The summed E-state index contributed by atoms with van der Waals surface area (Å²) in [6.45, 7) is 0. The summed E-state index contributed by atoms with van der Waals surface area (Å²) >= 11 is 1.45. The maximum atomic E-state index is 11.2. The van der Waals surface area contributed by atoms with Crippen LogP contribution in [0.15, 0.2) is 17.5 Å². The number of aliphatic hydroxyl groups excluding tert-OH is 1. The maximum Gasteiger partial charge on any atom is 0.309 e. The van der Waals surface area contributed by atoms with Crippen LogP contribution in [0.3, 0.4) is 0 Å². The van der Waals surface area contributed by atoms with Crippen LogP contribution in [-0.4, -0.2) is 17.2 Å². The van der Waals surface area contributed by atoms with Gasteiger partial charge >= 0.3 is 5.97 Å². The van der Waals surface area contributed by atoms with E-state index < -0.39 is 6.10 Å². The number of carbonyl (C=O) groups excluding carboxylic acids is 1. The SMILES string of the molecule is O=C(C[C@@H](O)c1cccs1)OC1CC1. The van der Waals surface area contributed by atoms with Crippen LogP contribution in [0, 0.1) is 0 Å². The third kappa shape index (κ3) is 2.56. The van der Waals surface area contributed by atoms with Crippen molar-refractivity contribution < 1.29 is 14.6 Å². The van der Waals surface area contributed by atoms with Crippen LogP contribution >= 0.6 is 11.3 Å². The van der Waals surface area contributed by atoms with E-state index >= 15 is 0 Å². The van der Waals surface area contributed by atoms with Crippen molar-refractivity contribution in [1.29, 1.82) is 0 Å². The van der Waals surface area contributed by atoms with Crippen molar-refractivity contribution in [3.05, 3.63) is 22.4 Å². The molecule has 1 aromatic heterocycles. The minimum atomic E-state index is -0.707. The molecule has 1 fully saturated rings. The molecule has 76 valence electrons. The zero-order valence-electron chi connectivity index (χ0n) is 7.68. The number of ether oxygens (including phenoxy) is 1. The number of thiophene rings is 1. The van der Waals surface area contributed by atoms with Gasteiger partial charge in [-0.2, -0.15) is 0 Å². The second kappa shape index (κ2) is 4.11. The van der Waals surface area contributed by atoms with E-state index in [0.29, 0.717) is 0 Å². The lowest BCUT2D eigenvalue weighted by Crippen LogP contribution is -2.10. The summed E-state index contributed by atoms with van der Waals surface area (Å²) < 4.78 is 5.04. The molecular formula is C10H12O3S. The first kappa shape index (κ1) is 9.68. The fourth-order valence-corrected chi connectivity index (χ4v) is 1.87. The minimum Gasteiger partial charge on any atom is -0.462 e. The summed E-state index contributed by atoms with van der Waals surface area (Å²) in [5, 5.41) is 11.5. The van der Waals surface area contributed by atoms with E-state index in [4.69, 9.17) is 4.74 Å². The molecule has 1 aromatic rings. The Morgan fingerprint density at radius 3 is 3.07 bits per heavy atom. The predicted octanol–water partition coefficient (Wildman–Crippen LogP) is 1.88. The average molecular weight is 212 g/mol. The van der Waals surface area contributed by atoms with Crippen molar-refractivity contribution in [1.82, 2.24) is 0 Å². The standard InChI is InChI=1S/C10H12O3S/c11-8(9-2-1-5-14-9)6-10(12)13-7-3-4-7/h1-2,5,7-8,11H,3-4,6H2/t8-/m1/s1. The van der Waals surface area contributed by atoms with E-state index in [1.807, 2.05) is 17.5 Å². The van der Waals surface area contributed by atoms with Crippen LogP contribution in [0.5, 0.6) is 0 Å². The molecule has 1 saturated carbocycles. The Balaban J connectivity index is 1.81. The van der Waals surface area contributed by atoms with Crippen molar-refractivity contribution >= 4 is 17.3 Å². The highest BCUT2D eigenvalue weighted by molar-refractivity contribution is 7.10. The fourth-order valence-electron chi connectivity index (χ4n) is 1.16. The Hall–Kier alpha value is -0.870. The highest BCUT2D eigenvalue weighted by atomic mass is 32.1. The van der Waals surface area contributed by atoms with Crippen molar-refractivity contribution in [2.24, 2.45) is 0 Å². The minimum absolute atomic E-state index is 0.0665. The summed E-state index contributed by atoms with van der Waals surface area (Å²) in [5.74, 6) is -0.298. The number of aliphatic hydroxyl groups is 1. The monoisotopic (exact) mass is 212 g/mol. The lowest BCUT2D eigenvalue weighted by Gasteiger charge is -2.07. The molecule has 1 heterocycles. The molecule has 3 nitrogen and oxygen atoms in total. The van der Waals surface area contributed by atoms with E-state index in [0.717, 1.165) is 17.7 Å². The molecule has 0 bridgehead atoms. The molecule has 1 atom stereocenters. The zero-order chi connectivity index (χ0) is 9.97. The maximum absolute atomic E-state index is 11.2. The lowest BCUT2D eigenvalue weighted by molar-refractivity contribution is -0.147. The van der Waals surface area contributed by atoms with Gasteiger partial charge in [0, 0.05) is 4.88 Å². The van der Waals surface area contributed by atoms with Gasteiger partial charge in [0.25, 0.3) is 0 Å². The molecule has 0 amide bonds. The highest BCUT2D eigenvalue weighted by Gasteiger charge is 2.27. The first-order chi connectivity index (χ1) is 6.75. The first-order valence-corrected chi connectivity index (χ1v) is 5.54. The fraction of sp³-hybridized carbons (Fsp3) is 0.500. The number of hydrogen-bond donors (Lipinski definition) is 1. The zero-order valence-corrected chi connectivity index (χ0v) is 8.50. The normalized spacial score (nSPS) is 17.8. The van der Waals surface area contributed by atoms with Crippen molar-refractivity contribution in [3.63, 3.8) is 0 Å². The molecular weight excluding hydrogens is 200 g/mol. The summed E-state index contributed by atoms with van der Waals surface area (Å²) in [5.41, 5.74) is 0. The van der Waals surface area contributed by atoms with Crippen molar-refractivity contribution in [3.8, 4) is 0 Å². The van der Waals surface area contributed by atoms with Gasteiger partial charge in [-0.1, -0.05) is 6.07 Å². The molecule has 1 aliphatic rings. The van der Waals surface area contributed by atoms with Crippen LogP contribution in [-0.2, 0) is 9.53 Å². The Bertz CT molecular complexity index is 303. The molecule has 1 N–H and O–H groups in total. The molecule has 0 radical (unpaired) electrons. The summed E-state index contributed by atoms with van der Waals surface area (Å²) in [7, 11) is 0. The van der Waals surface area contributed by atoms with Crippen LogP contribution in [0.4, 0.5) is 0 Å². The van der Waals surface area contributed by atoms with E-state index in [9.17, 15) is 9.90 Å². The van der Waals surface area contributed by atoms with Gasteiger partial charge in [-0.25, -0.2) is 0 Å². The summed E-state index contributed by atoms with van der Waals surface area (Å²) in [6, 6.07) is 3.68. The lowest BCUT2D eigenvalue weighted by atomic mass is 10.2. The van der Waals surface area contributed by atoms with Gasteiger partial charge in [0.15, 0.2) is 0 Å². The number of rotatable bonds is 4. The predicted molar refractivity (Wildman–Crippen MR) is 53.0 cm³/mol. The van der Waals surface area contributed by atoms with Crippen LogP contribution in [0.25, 0.3) is 0 Å². The number of carbonyl (C=O) groups is 1. The van der Waals surface area contributed by atoms with Gasteiger partial charge in [-0.15, -0.1) is 11.3 Å². The van der Waals surface area contributed by atoms with Crippen LogP contribution < -0.4 is 0 Å². The second-order valence-electron chi connectivity index (χ2n) is 3.42. The second-order valence-corrected chi connectivity index (χ2v) is 4.40. The molecule has 4 heteroatoms. The average Bonchev–Trinajstić information content (AvgIpc) is 2.80. The quantitative estimate of drug-likeness (QED) is 0.775. The van der Waals surface area contributed by atoms with E-state index in [1.165, 1.54) is 11.3 Å². The Kier molecular flexibility index (Phi) is 2.84. The van der Waals surface area contributed by atoms with E-state index in [2.05, 4.69) is 0 Å². The molecule has 0 spiro atoms. The van der Waals surface area contributed by atoms with Gasteiger partial charge in [0.1, 0.15) is 6.10 Å². The first-order valence-electron chi connectivity index (χ1n) is 4.66. The van der Waals surface area contributed by atoms with Crippen molar-refractivity contribution in [2.75, 3.05) is 0 Å².